The van der Waals surface area contributed by atoms with Crippen LogP contribution in [0.4, 0.5) is 9.59 Å². The molecule has 4 amide bonds. The molecule has 3 heterocycles. The molecule has 0 saturated carbocycles. The summed E-state index contributed by atoms with van der Waals surface area (Å²) in [7, 11) is 0. The molecule has 0 bridgehead atoms. The van der Waals surface area contributed by atoms with Crippen molar-refractivity contribution < 1.29 is 53.4 Å². The maximum absolute atomic E-state index is 12.4. The number of rotatable bonds is 20. The molecule has 2 fully saturated rings. The number of guanidine groups is 1. The van der Waals surface area contributed by atoms with Gasteiger partial charge in [-0.3, -0.25) is 4.79 Å². The lowest BCUT2D eigenvalue weighted by molar-refractivity contribution is -0.147. The zero-order valence-electron chi connectivity index (χ0n) is 26.3. The Kier molecular flexibility index (Phi) is 15.6. The fourth-order valence-corrected chi connectivity index (χ4v) is 6.96. The topological polar surface area (TPSA) is 278 Å². The van der Waals surface area contributed by atoms with Crippen LogP contribution in [0.15, 0.2) is 16.8 Å². The minimum absolute atomic E-state index is 0.0405. The molecule has 3 aliphatic rings. The molecule has 0 aromatic rings. The van der Waals surface area contributed by atoms with Crippen LogP contribution in [0.5, 0.6) is 0 Å². The number of fused-ring (bicyclic) bond motifs is 1. The minimum Gasteiger partial charge on any atom is -0.479 e. The Bertz CT molecular complexity index is 1130. The molecule has 0 aromatic carbocycles. The number of amides is 4. The van der Waals surface area contributed by atoms with Crippen LogP contribution in [0.2, 0.25) is 0 Å². The van der Waals surface area contributed by atoms with E-state index in [1.165, 1.54) is 6.08 Å². The van der Waals surface area contributed by atoms with E-state index in [0.717, 1.165) is 25.0 Å². The highest BCUT2D eigenvalue weighted by molar-refractivity contribution is 8.00. The molecule has 8 atom stereocenters. The number of unbranched alkanes of at least 4 members (excludes halogenated alkanes) is 1. The van der Waals surface area contributed by atoms with Crippen molar-refractivity contribution in [1.29, 1.82) is 0 Å². The number of aliphatic carboxylic acids is 1. The van der Waals surface area contributed by atoms with Crippen LogP contribution < -0.4 is 32.7 Å². The number of nitrogens with zero attached hydrogens (tertiary/aromatic N) is 1. The maximum atomic E-state index is 12.4. The average molecular weight is 690 g/mol. The number of alkyl carbamates (subject to hydrolysis) is 1. The Balaban J connectivity index is 1.23. The third kappa shape index (κ3) is 12.2. The predicted octanol–water partition coefficient (Wildman–Crippen LogP) is -2.04. The highest BCUT2D eigenvalue weighted by atomic mass is 32.2. The maximum Gasteiger partial charge on any atom is 0.407 e. The van der Waals surface area contributed by atoms with Crippen LogP contribution in [0.25, 0.3) is 0 Å². The molecule has 0 aliphatic carbocycles. The fourth-order valence-electron chi connectivity index (χ4n) is 5.42. The molecule has 18 nitrogen and oxygen atoms in total. The highest BCUT2D eigenvalue weighted by Crippen LogP contribution is 2.33. The molecule has 3 rings (SSSR count). The first-order valence-corrected chi connectivity index (χ1v) is 16.6. The number of carboxylic acids is 1. The third-order valence-corrected chi connectivity index (χ3v) is 9.33. The summed E-state index contributed by atoms with van der Waals surface area (Å²) in [6, 6.07) is -0.566. The first kappa shape index (κ1) is 37.9. The van der Waals surface area contributed by atoms with Crippen LogP contribution in [0.1, 0.15) is 32.6 Å². The van der Waals surface area contributed by atoms with Crippen molar-refractivity contribution >= 4 is 41.7 Å². The molecule has 3 aliphatic heterocycles. The van der Waals surface area contributed by atoms with Crippen LogP contribution in [-0.2, 0) is 28.5 Å². The van der Waals surface area contributed by atoms with Crippen molar-refractivity contribution in [2.45, 2.75) is 74.3 Å². The number of aliphatic hydroxyl groups is 2. The Morgan fingerprint density at radius 3 is 2.49 bits per heavy atom. The SMILES string of the molecule is C[C@H]1[C@H]([C@H](OC(=O)NCCOCCOCCNC(=O)CCCCC2SC[C@@H]3NC(=O)N[C@H]23)[C@H](O)CO)OC(C(=O)O)=C[C@@H]1N=C(N)N. The smallest absolute Gasteiger partial charge is 0.407 e. The van der Waals surface area contributed by atoms with Gasteiger partial charge in [-0.15, -0.1) is 0 Å². The van der Waals surface area contributed by atoms with Gasteiger partial charge in [-0.1, -0.05) is 13.3 Å². The van der Waals surface area contributed by atoms with Gasteiger partial charge in [-0.2, -0.15) is 11.8 Å². The number of nitrogens with two attached hydrogens (primary N) is 2. The highest BCUT2D eigenvalue weighted by Gasteiger charge is 2.44. The van der Waals surface area contributed by atoms with Gasteiger partial charge >= 0.3 is 18.1 Å². The van der Waals surface area contributed by atoms with Crippen molar-refractivity contribution in [2.24, 2.45) is 22.4 Å². The van der Waals surface area contributed by atoms with Crippen LogP contribution in [-0.4, -0.2) is 139 Å². The fraction of sp³-hybridized carbons (Fsp3) is 0.750. The zero-order valence-corrected chi connectivity index (χ0v) is 27.1. The lowest BCUT2D eigenvalue weighted by atomic mass is 9.87. The number of hydrogen-bond donors (Lipinski definition) is 9. The number of ether oxygens (including phenoxy) is 4. The molecule has 19 heteroatoms. The van der Waals surface area contributed by atoms with Gasteiger partial charge in [0.1, 0.15) is 12.2 Å². The second kappa shape index (κ2) is 19.3. The first-order chi connectivity index (χ1) is 22.5. The molecule has 47 heavy (non-hydrogen) atoms. The van der Waals surface area contributed by atoms with E-state index in [-0.39, 0.29) is 56.3 Å². The van der Waals surface area contributed by atoms with E-state index < -0.39 is 54.7 Å². The summed E-state index contributed by atoms with van der Waals surface area (Å²) in [4.78, 5) is 51.5. The molecular formula is C28H47N7O11S. The van der Waals surface area contributed by atoms with Crippen molar-refractivity contribution in [3.8, 4) is 0 Å². The number of aliphatic hydroxyl groups excluding tert-OH is 2. The molecule has 0 aromatic heterocycles. The summed E-state index contributed by atoms with van der Waals surface area (Å²) in [6.45, 7) is 2.16. The largest absolute Gasteiger partial charge is 0.479 e. The van der Waals surface area contributed by atoms with Gasteiger partial charge in [-0.05, 0) is 18.9 Å². The lowest BCUT2D eigenvalue weighted by Crippen LogP contribution is -2.52. The quantitative estimate of drug-likeness (QED) is 0.0288. The normalized spacial score (nSPS) is 26.0. The standard InChI is InChI=1S/C28H47N7O11S/c1-15-16(33-26(29)30)12-19(25(39)40)45-23(15)24(18(37)13-36)46-28(42)32-7-9-44-11-10-43-8-6-31-21(38)5-3-2-4-20-22-17(14-47-20)34-27(41)35-22/h12,15-18,20,22-24,36-37H,2-11,13-14H2,1H3,(H,31,38)(H,32,42)(H,39,40)(H4,29,30,33)(H2,34,35,41)/t15-,16+,17+,18-,20?,22+,23-,24-/m1/s1. The van der Waals surface area contributed by atoms with Crippen molar-refractivity contribution in [1.82, 2.24) is 21.3 Å². The van der Waals surface area contributed by atoms with E-state index in [9.17, 15) is 34.5 Å². The van der Waals surface area contributed by atoms with E-state index in [0.29, 0.717) is 24.8 Å². The number of nitrogens with one attached hydrogen (secondary N) is 4. The third-order valence-electron chi connectivity index (χ3n) is 7.82. The monoisotopic (exact) mass is 689 g/mol. The molecule has 11 N–H and O–H groups in total. The summed E-state index contributed by atoms with van der Waals surface area (Å²) in [5, 5.41) is 40.8. The Labute approximate surface area is 276 Å². The van der Waals surface area contributed by atoms with Crippen molar-refractivity contribution in [2.75, 3.05) is 51.9 Å². The van der Waals surface area contributed by atoms with E-state index in [4.69, 9.17) is 30.4 Å². The number of thioether (sulfide) groups is 1. The zero-order chi connectivity index (χ0) is 34.3. The molecule has 0 radical (unpaired) electrons. The Morgan fingerprint density at radius 2 is 1.83 bits per heavy atom. The van der Waals surface area contributed by atoms with Crippen LogP contribution >= 0.6 is 11.8 Å². The molecule has 0 spiro atoms. The minimum atomic E-state index is -1.59. The van der Waals surface area contributed by atoms with E-state index in [1.54, 1.807) is 6.92 Å². The summed E-state index contributed by atoms with van der Waals surface area (Å²) >= 11 is 1.86. The average Bonchev–Trinajstić information content (AvgIpc) is 3.58. The van der Waals surface area contributed by atoms with Gasteiger partial charge in [-0.25, -0.2) is 19.4 Å². The summed E-state index contributed by atoms with van der Waals surface area (Å²) in [5.41, 5.74) is 10.9. The number of carbonyl (C=O) groups excluding carboxylic acids is 3. The summed E-state index contributed by atoms with van der Waals surface area (Å²) in [5.74, 6) is -1.97. The number of hydrogen-bond acceptors (Lipinski definition) is 12. The van der Waals surface area contributed by atoms with Gasteiger partial charge in [0.2, 0.25) is 11.7 Å². The number of aliphatic imine (C=N–C) groups is 1. The van der Waals surface area contributed by atoms with Crippen LogP contribution in [0.3, 0.4) is 0 Å². The van der Waals surface area contributed by atoms with E-state index in [2.05, 4.69) is 26.3 Å². The summed E-state index contributed by atoms with van der Waals surface area (Å²) in [6.07, 6.45) is -0.923. The summed E-state index contributed by atoms with van der Waals surface area (Å²) < 4.78 is 21.7. The molecular weight excluding hydrogens is 642 g/mol. The molecule has 266 valence electrons. The second-order valence-electron chi connectivity index (χ2n) is 11.3. The lowest BCUT2D eigenvalue weighted by Gasteiger charge is -2.38. The Hall–Kier alpha value is -3.52. The van der Waals surface area contributed by atoms with E-state index >= 15 is 0 Å². The number of urea groups is 1. The first-order valence-electron chi connectivity index (χ1n) is 15.5. The van der Waals surface area contributed by atoms with Gasteiger partial charge < -0.3 is 67.0 Å². The van der Waals surface area contributed by atoms with Crippen molar-refractivity contribution in [3.05, 3.63) is 11.8 Å². The van der Waals surface area contributed by atoms with Crippen LogP contribution in [0, 0.1) is 5.92 Å². The number of carbonyl (C=O) groups is 4. The Morgan fingerprint density at radius 1 is 1.13 bits per heavy atom. The molecule has 1 unspecified atom stereocenters. The van der Waals surface area contributed by atoms with Gasteiger partial charge in [0.15, 0.2) is 12.1 Å². The van der Waals surface area contributed by atoms with Gasteiger partial charge in [0.05, 0.1) is 51.2 Å². The van der Waals surface area contributed by atoms with E-state index in [1.807, 2.05) is 11.8 Å². The van der Waals surface area contributed by atoms with Gasteiger partial charge in [0.25, 0.3) is 0 Å². The number of carboxylic acid groups (broad SMARTS) is 1. The van der Waals surface area contributed by atoms with Gasteiger partial charge in [0, 0.05) is 36.4 Å². The molecule has 2 saturated heterocycles. The predicted molar refractivity (Wildman–Crippen MR) is 169 cm³/mol. The van der Waals surface area contributed by atoms with Crippen molar-refractivity contribution in [3.63, 3.8) is 0 Å². The second-order valence-corrected chi connectivity index (χ2v) is 12.6.